The van der Waals surface area contributed by atoms with E-state index in [-0.39, 0.29) is 18.5 Å². The van der Waals surface area contributed by atoms with Gasteiger partial charge >= 0.3 is 6.03 Å². The summed E-state index contributed by atoms with van der Waals surface area (Å²) in [6, 6.07) is 3.94. The van der Waals surface area contributed by atoms with Gasteiger partial charge in [0.2, 0.25) is 5.91 Å². The Balaban J connectivity index is 1.60. The Kier molecular flexibility index (Phi) is 4.24. The van der Waals surface area contributed by atoms with E-state index in [0.29, 0.717) is 12.6 Å². The number of nitrogens with zero attached hydrogens (tertiary/aromatic N) is 3. The smallest absolute Gasteiger partial charge is 0.324 e. The lowest BCUT2D eigenvalue weighted by Gasteiger charge is -2.29. The monoisotopic (exact) mass is 303 g/mol. The van der Waals surface area contributed by atoms with Crippen LogP contribution in [0.2, 0.25) is 0 Å². The predicted octanol–water partition coefficient (Wildman–Crippen LogP) is 0.639. The number of likely N-dealkylation sites (tertiary alicyclic amines) is 1. The average Bonchev–Trinajstić information content (AvgIpc) is 2.80. The minimum atomic E-state index is -0.327. The molecule has 3 rings (SSSR count). The first kappa shape index (κ1) is 14.8. The number of carbonyl (C=O) groups excluding carboxylic acids is 2. The van der Waals surface area contributed by atoms with E-state index in [1.54, 1.807) is 6.20 Å². The number of hydrogen-bond acceptors (Lipinski definition) is 5. The van der Waals surface area contributed by atoms with E-state index in [9.17, 15) is 9.59 Å². The van der Waals surface area contributed by atoms with Gasteiger partial charge in [-0.1, -0.05) is 0 Å². The van der Waals surface area contributed by atoms with Crippen LogP contribution in [0.25, 0.3) is 0 Å². The number of anilines is 1. The highest BCUT2D eigenvalue weighted by atomic mass is 16.2. The van der Waals surface area contributed by atoms with Crippen LogP contribution in [0.5, 0.6) is 0 Å². The van der Waals surface area contributed by atoms with E-state index in [1.165, 1.54) is 4.90 Å². The lowest BCUT2D eigenvalue weighted by molar-refractivity contribution is -0.118. The topological polar surface area (TPSA) is 77.6 Å². The first-order chi connectivity index (χ1) is 10.6. The van der Waals surface area contributed by atoms with Crippen molar-refractivity contribution in [2.24, 2.45) is 0 Å². The van der Waals surface area contributed by atoms with Crippen molar-refractivity contribution in [1.29, 1.82) is 0 Å². The van der Waals surface area contributed by atoms with Crippen molar-refractivity contribution in [3.8, 4) is 0 Å². The van der Waals surface area contributed by atoms with Crippen molar-refractivity contribution in [1.82, 2.24) is 20.1 Å². The number of piperidine rings is 1. The van der Waals surface area contributed by atoms with Crippen molar-refractivity contribution < 1.29 is 9.59 Å². The van der Waals surface area contributed by atoms with Gasteiger partial charge in [-0.05, 0) is 50.7 Å². The molecule has 1 aromatic heterocycles. The van der Waals surface area contributed by atoms with Gasteiger partial charge in [0.05, 0.1) is 0 Å². The molecule has 0 aromatic carbocycles. The summed E-state index contributed by atoms with van der Waals surface area (Å²) in [5.74, 6) is 0.585. The van der Waals surface area contributed by atoms with E-state index in [4.69, 9.17) is 0 Å². The number of hydrogen-bond donors (Lipinski definition) is 2. The Labute approximate surface area is 129 Å². The molecular formula is C15H21N5O2. The van der Waals surface area contributed by atoms with Crippen LogP contribution in [-0.2, 0) is 11.3 Å². The minimum absolute atomic E-state index is 0.124. The largest absolute Gasteiger partial charge is 0.367 e. The molecule has 118 valence electrons. The Hall–Kier alpha value is -2.15. The zero-order valence-electron chi connectivity index (χ0n) is 12.7. The number of pyridine rings is 1. The molecule has 2 N–H and O–H groups in total. The van der Waals surface area contributed by atoms with Crippen molar-refractivity contribution in [3.63, 3.8) is 0 Å². The van der Waals surface area contributed by atoms with Gasteiger partial charge in [-0.3, -0.25) is 10.1 Å². The van der Waals surface area contributed by atoms with Crippen LogP contribution < -0.4 is 10.6 Å². The summed E-state index contributed by atoms with van der Waals surface area (Å²) in [5.41, 5.74) is 0.968. The lowest BCUT2D eigenvalue weighted by atomic mass is 10.1. The van der Waals surface area contributed by atoms with Crippen molar-refractivity contribution in [2.45, 2.75) is 25.4 Å². The Morgan fingerprint density at radius 2 is 2.14 bits per heavy atom. The number of urea groups is 1. The summed E-state index contributed by atoms with van der Waals surface area (Å²) in [6.45, 7) is 2.72. The molecule has 7 nitrogen and oxygen atoms in total. The molecule has 2 aliphatic heterocycles. The third-order valence-electron chi connectivity index (χ3n) is 4.14. The van der Waals surface area contributed by atoms with Crippen LogP contribution in [0.1, 0.15) is 18.4 Å². The fourth-order valence-corrected chi connectivity index (χ4v) is 2.84. The Morgan fingerprint density at radius 3 is 2.82 bits per heavy atom. The SMILES string of the molecule is CN1CCC(Nc2cc(CN3CC(=O)NC3=O)ccn2)CC1. The molecule has 3 heterocycles. The van der Waals surface area contributed by atoms with Crippen molar-refractivity contribution >= 4 is 17.8 Å². The number of rotatable bonds is 4. The molecule has 3 amide bonds. The quantitative estimate of drug-likeness (QED) is 0.798. The maximum absolute atomic E-state index is 11.6. The zero-order chi connectivity index (χ0) is 15.5. The highest BCUT2D eigenvalue weighted by Crippen LogP contribution is 2.16. The van der Waals surface area contributed by atoms with Crippen LogP contribution in [0.3, 0.4) is 0 Å². The Morgan fingerprint density at radius 1 is 1.36 bits per heavy atom. The normalized spacial score (nSPS) is 20.3. The highest BCUT2D eigenvalue weighted by molar-refractivity contribution is 6.01. The number of imide groups is 1. The first-order valence-electron chi connectivity index (χ1n) is 7.59. The summed E-state index contributed by atoms with van der Waals surface area (Å²) < 4.78 is 0. The van der Waals surface area contributed by atoms with Gasteiger partial charge in [0.15, 0.2) is 0 Å². The number of nitrogens with one attached hydrogen (secondary N) is 2. The summed E-state index contributed by atoms with van der Waals surface area (Å²) >= 11 is 0. The van der Waals surface area contributed by atoms with Gasteiger partial charge in [-0.15, -0.1) is 0 Å². The first-order valence-corrected chi connectivity index (χ1v) is 7.59. The van der Waals surface area contributed by atoms with E-state index >= 15 is 0 Å². The van der Waals surface area contributed by atoms with E-state index in [2.05, 4.69) is 27.6 Å². The molecule has 0 aliphatic carbocycles. The molecule has 2 fully saturated rings. The maximum Gasteiger partial charge on any atom is 0.324 e. The second-order valence-electron chi connectivity index (χ2n) is 5.98. The van der Waals surface area contributed by atoms with Crippen LogP contribution in [-0.4, -0.2) is 59.4 Å². The number of carbonyl (C=O) groups is 2. The van der Waals surface area contributed by atoms with Crippen LogP contribution in [0, 0.1) is 0 Å². The number of amides is 3. The zero-order valence-corrected chi connectivity index (χ0v) is 12.7. The summed E-state index contributed by atoms with van der Waals surface area (Å²) in [5, 5.41) is 5.75. The molecular weight excluding hydrogens is 282 g/mol. The second-order valence-corrected chi connectivity index (χ2v) is 5.98. The third-order valence-corrected chi connectivity index (χ3v) is 4.14. The molecule has 2 aliphatic rings. The molecule has 0 spiro atoms. The van der Waals surface area contributed by atoms with Gasteiger partial charge in [0.25, 0.3) is 0 Å². The average molecular weight is 303 g/mol. The molecule has 0 atom stereocenters. The summed E-state index contributed by atoms with van der Waals surface area (Å²) in [7, 11) is 2.14. The van der Waals surface area contributed by atoms with Crippen LogP contribution >= 0.6 is 0 Å². The molecule has 0 saturated carbocycles. The third kappa shape index (κ3) is 3.54. The minimum Gasteiger partial charge on any atom is -0.367 e. The van der Waals surface area contributed by atoms with Gasteiger partial charge in [0.1, 0.15) is 12.4 Å². The van der Waals surface area contributed by atoms with Gasteiger partial charge in [0, 0.05) is 18.8 Å². The van der Waals surface area contributed by atoms with Gasteiger partial charge in [-0.25, -0.2) is 9.78 Å². The fourth-order valence-electron chi connectivity index (χ4n) is 2.84. The Bertz CT molecular complexity index is 569. The molecule has 2 saturated heterocycles. The van der Waals surface area contributed by atoms with E-state index in [1.807, 2.05) is 12.1 Å². The fraction of sp³-hybridized carbons (Fsp3) is 0.533. The molecule has 1 aromatic rings. The van der Waals surface area contributed by atoms with Gasteiger partial charge < -0.3 is 15.1 Å². The molecule has 7 heteroatoms. The van der Waals surface area contributed by atoms with Crippen LogP contribution in [0.4, 0.5) is 10.6 Å². The summed E-state index contributed by atoms with van der Waals surface area (Å²) in [6.07, 6.45) is 3.94. The second kappa shape index (κ2) is 6.31. The molecule has 0 radical (unpaired) electrons. The highest BCUT2D eigenvalue weighted by Gasteiger charge is 2.26. The van der Waals surface area contributed by atoms with E-state index in [0.717, 1.165) is 37.3 Å². The van der Waals surface area contributed by atoms with E-state index < -0.39 is 0 Å². The molecule has 22 heavy (non-hydrogen) atoms. The lowest BCUT2D eigenvalue weighted by Crippen LogP contribution is -2.36. The molecule has 0 bridgehead atoms. The summed E-state index contributed by atoms with van der Waals surface area (Å²) in [4.78, 5) is 31.0. The maximum atomic E-state index is 11.6. The predicted molar refractivity (Wildman–Crippen MR) is 82.3 cm³/mol. The van der Waals surface area contributed by atoms with Crippen molar-refractivity contribution in [3.05, 3.63) is 23.9 Å². The van der Waals surface area contributed by atoms with Crippen LogP contribution in [0.15, 0.2) is 18.3 Å². The molecule has 0 unspecified atom stereocenters. The van der Waals surface area contributed by atoms with Gasteiger partial charge in [-0.2, -0.15) is 0 Å². The van der Waals surface area contributed by atoms with Crippen molar-refractivity contribution in [2.75, 3.05) is 32.0 Å². The number of aromatic nitrogens is 1. The standard InChI is InChI=1S/C15H21N5O2/c1-19-6-3-12(4-7-19)17-13-8-11(2-5-16-13)9-20-10-14(21)18-15(20)22/h2,5,8,12H,3-4,6-7,9-10H2,1H3,(H,16,17)(H,18,21,22).